The van der Waals surface area contributed by atoms with E-state index in [1.165, 1.54) is 7.11 Å². The molecule has 0 aliphatic carbocycles. The number of hydrogen-bond acceptors (Lipinski definition) is 6. The molecule has 0 bridgehead atoms. The van der Waals surface area contributed by atoms with Crippen LogP contribution in [0.2, 0.25) is 5.02 Å². The largest absolute Gasteiger partial charge is 0.493 e. The average Bonchev–Trinajstić information content (AvgIpc) is 2.90. The van der Waals surface area contributed by atoms with Crippen LogP contribution in [0.4, 0.5) is 0 Å². The average molecular weight is 496 g/mol. The molecule has 3 aromatic carbocycles. The lowest BCUT2D eigenvalue weighted by molar-refractivity contribution is -0.164. The summed E-state index contributed by atoms with van der Waals surface area (Å²) in [6.07, 6.45) is -0.0678. The number of carbonyl (C=O) groups excluding carboxylic acids is 2. The van der Waals surface area contributed by atoms with Crippen LogP contribution in [0, 0.1) is 0 Å². The zero-order valence-electron chi connectivity index (χ0n) is 19.7. The van der Waals surface area contributed by atoms with E-state index in [4.69, 9.17) is 30.5 Å². The zero-order valence-corrected chi connectivity index (χ0v) is 20.5. The molecule has 1 fully saturated rings. The third kappa shape index (κ3) is 5.20. The van der Waals surface area contributed by atoms with Gasteiger partial charge in [0.05, 0.1) is 26.9 Å². The second-order valence-corrected chi connectivity index (χ2v) is 8.46. The first-order chi connectivity index (χ1) is 16.9. The van der Waals surface area contributed by atoms with E-state index in [9.17, 15) is 9.59 Å². The molecule has 0 radical (unpaired) electrons. The van der Waals surface area contributed by atoms with Gasteiger partial charge in [-0.25, -0.2) is 4.79 Å². The highest BCUT2D eigenvalue weighted by Gasteiger charge is 2.49. The number of benzene rings is 3. The Labute approximate surface area is 209 Å². The third-order valence-electron chi connectivity index (χ3n) is 5.99. The molecule has 3 aromatic rings. The Kier molecular flexibility index (Phi) is 7.46. The van der Waals surface area contributed by atoms with E-state index < -0.39 is 12.1 Å². The van der Waals surface area contributed by atoms with Gasteiger partial charge in [0.2, 0.25) is 6.10 Å². The van der Waals surface area contributed by atoms with Crippen molar-refractivity contribution in [1.82, 2.24) is 4.90 Å². The van der Waals surface area contributed by atoms with E-state index in [-0.39, 0.29) is 11.9 Å². The fraction of sp³-hybridized carbons (Fsp3) is 0.259. The van der Waals surface area contributed by atoms with Gasteiger partial charge >= 0.3 is 5.97 Å². The van der Waals surface area contributed by atoms with Crippen LogP contribution in [0.15, 0.2) is 66.7 Å². The van der Waals surface area contributed by atoms with Gasteiger partial charge in [0, 0.05) is 11.6 Å². The number of nitrogens with zero attached hydrogens (tertiary/aromatic N) is 1. The Bertz CT molecular complexity index is 1200. The molecule has 0 N–H and O–H groups in total. The number of carbonyl (C=O) groups is 2. The van der Waals surface area contributed by atoms with E-state index in [0.29, 0.717) is 40.8 Å². The second-order valence-electron chi connectivity index (χ2n) is 8.02. The molecule has 0 spiro atoms. The van der Waals surface area contributed by atoms with Crippen molar-refractivity contribution in [2.24, 2.45) is 0 Å². The first-order valence-electron chi connectivity index (χ1n) is 11.1. The molecule has 1 aliphatic rings. The number of likely N-dealkylation sites (tertiary alicyclic amines) is 1. The number of β-lactam (4-membered cyclic amide) rings is 1. The van der Waals surface area contributed by atoms with Gasteiger partial charge in [-0.15, -0.1) is 0 Å². The Hall–Kier alpha value is -3.71. The van der Waals surface area contributed by atoms with Gasteiger partial charge in [0.25, 0.3) is 5.91 Å². The van der Waals surface area contributed by atoms with Crippen molar-refractivity contribution >= 4 is 23.5 Å². The molecule has 182 valence electrons. The molecule has 2 atom stereocenters. The summed E-state index contributed by atoms with van der Waals surface area (Å²) in [6, 6.07) is 19.3. The maximum absolute atomic E-state index is 13.1. The molecule has 2 unspecified atom stereocenters. The molecule has 4 rings (SSSR count). The van der Waals surface area contributed by atoms with Gasteiger partial charge in [-0.3, -0.25) is 4.79 Å². The molecule has 1 amide bonds. The lowest BCUT2D eigenvalue weighted by atomic mass is 9.89. The minimum Gasteiger partial charge on any atom is -0.493 e. The van der Waals surface area contributed by atoms with Gasteiger partial charge in [0.15, 0.2) is 11.5 Å². The molecule has 0 saturated carbocycles. The van der Waals surface area contributed by atoms with Crippen LogP contribution < -0.4 is 14.2 Å². The van der Waals surface area contributed by atoms with E-state index in [0.717, 1.165) is 11.1 Å². The quantitative estimate of drug-likeness (QED) is 0.316. The second kappa shape index (κ2) is 10.7. The van der Waals surface area contributed by atoms with Crippen LogP contribution in [-0.4, -0.2) is 50.8 Å². The Morgan fingerprint density at radius 1 is 0.914 bits per heavy atom. The van der Waals surface area contributed by atoms with Crippen molar-refractivity contribution in [3.63, 3.8) is 0 Å². The molecular weight excluding hydrogens is 470 g/mol. The molecule has 35 heavy (non-hydrogen) atoms. The van der Waals surface area contributed by atoms with Crippen LogP contribution in [-0.2, 0) is 16.0 Å². The summed E-state index contributed by atoms with van der Waals surface area (Å²) in [5, 5.41) is 0.587. The number of halogens is 1. The zero-order chi connectivity index (χ0) is 24.9. The minimum absolute atomic E-state index is 0.109. The Morgan fingerprint density at radius 3 is 2.23 bits per heavy atom. The predicted molar refractivity (Wildman–Crippen MR) is 131 cm³/mol. The maximum Gasteiger partial charge on any atom is 0.337 e. The normalized spacial score (nSPS) is 16.9. The van der Waals surface area contributed by atoms with E-state index in [1.807, 2.05) is 30.3 Å². The molecule has 1 aliphatic heterocycles. The highest BCUT2D eigenvalue weighted by atomic mass is 35.5. The summed E-state index contributed by atoms with van der Waals surface area (Å²) in [5.74, 6) is 1.32. The maximum atomic E-state index is 13.1. The third-order valence-corrected chi connectivity index (χ3v) is 6.24. The van der Waals surface area contributed by atoms with E-state index in [2.05, 4.69) is 0 Å². The van der Waals surface area contributed by atoms with Crippen molar-refractivity contribution < 1.29 is 28.5 Å². The molecule has 0 aromatic heterocycles. The standard InChI is InChI=1S/C27H26ClNO6/c1-32-22-13-4-17(16-23(22)33-2)14-15-29-24(18-5-7-19(8-6-18)27(31)34-3)25(26(29)30)35-21-11-9-20(28)10-12-21/h4-13,16,24-25H,14-15H2,1-3H3. The topological polar surface area (TPSA) is 74.3 Å². The number of methoxy groups -OCH3 is 3. The fourth-order valence-corrected chi connectivity index (χ4v) is 4.24. The van der Waals surface area contributed by atoms with Crippen molar-refractivity contribution in [3.8, 4) is 17.2 Å². The van der Waals surface area contributed by atoms with Gasteiger partial charge in [0.1, 0.15) is 11.8 Å². The van der Waals surface area contributed by atoms with E-state index >= 15 is 0 Å². The predicted octanol–water partition coefficient (Wildman–Crippen LogP) is 4.72. The first-order valence-corrected chi connectivity index (χ1v) is 11.4. The van der Waals surface area contributed by atoms with Crippen molar-refractivity contribution in [1.29, 1.82) is 0 Å². The molecular formula is C27H26ClNO6. The van der Waals surface area contributed by atoms with Gasteiger partial charge in [-0.1, -0.05) is 29.8 Å². The number of rotatable bonds is 9. The minimum atomic E-state index is -0.689. The van der Waals surface area contributed by atoms with Crippen LogP contribution >= 0.6 is 11.6 Å². The SMILES string of the molecule is COC(=O)c1ccc(C2C(Oc3ccc(Cl)cc3)C(=O)N2CCc2ccc(OC)c(OC)c2)cc1. The van der Waals surface area contributed by atoms with Gasteiger partial charge in [-0.05, 0) is 66.1 Å². The summed E-state index contributed by atoms with van der Waals surface area (Å²) in [6.45, 7) is 0.484. The molecule has 1 heterocycles. The Morgan fingerprint density at radius 2 is 1.60 bits per heavy atom. The lowest BCUT2D eigenvalue weighted by Gasteiger charge is -2.47. The molecule has 1 saturated heterocycles. The molecule has 8 heteroatoms. The van der Waals surface area contributed by atoms with Crippen molar-refractivity contribution in [3.05, 3.63) is 88.4 Å². The van der Waals surface area contributed by atoms with E-state index in [1.54, 1.807) is 55.5 Å². The first kappa shape index (κ1) is 24.4. The highest BCUT2D eigenvalue weighted by Crippen LogP contribution is 2.38. The van der Waals surface area contributed by atoms with Crippen molar-refractivity contribution in [2.45, 2.75) is 18.6 Å². The number of amides is 1. The van der Waals surface area contributed by atoms with Crippen LogP contribution in [0.25, 0.3) is 0 Å². The summed E-state index contributed by atoms with van der Waals surface area (Å²) < 4.78 is 21.5. The van der Waals surface area contributed by atoms with Crippen LogP contribution in [0.5, 0.6) is 17.2 Å². The van der Waals surface area contributed by atoms with Gasteiger partial charge < -0.3 is 23.8 Å². The summed E-state index contributed by atoms with van der Waals surface area (Å²) in [5.41, 5.74) is 2.31. The van der Waals surface area contributed by atoms with Crippen molar-refractivity contribution in [2.75, 3.05) is 27.9 Å². The summed E-state index contributed by atoms with van der Waals surface area (Å²) in [7, 11) is 4.52. The molecule has 7 nitrogen and oxygen atoms in total. The summed E-state index contributed by atoms with van der Waals surface area (Å²) >= 11 is 5.98. The summed E-state index contributed by atoms with van der Waals surface area (Å²) in [4.78, 5) is 26.8. The fourth-order valence-electron chi connectivity index (χ4n) is 4.12. The lowest BCUT2D eigenvalue weighted by Crippen LogP contribution is -2.61. The highest BCUT2D eigenvalue weighted by molar-refractivity contribution is 6.30. The van der Waals surface area contributed by atoms with Crippen LogP contribution in [0.1, 0.15) is 27.5 Å². The van der Waals surface area contributed by atoms with Gasteiger partial charge in [-0.2, -0.15) is 0 Å². The number of ether oxygens (including phenoxy) is 4. The smallest absolute Gasteiger partial charge is 0.337 e. The van der Waals surface area contributed by atoms with Crippen LogP contribution in [0.3, 0.4) is 0 Å². The number of hydrogen-bond donors (Lipinski definition) is 0. The Balaban J connectivity index is 1.55. The number of esters is 1. The monoisotopic (exact) mass is 495 g/mol.